The number of nitrogens with zero attached hydrogens (tertiary/aromatic N) is 2. The van der Waals surface area contributed by atoms with Crippen molar-refractivity contribution in [3.63, 3.8) is 0 Å². The van der Waals surface area contributed by atoms with Crippen molar-refractivity contribution in [3.8, 4) is 0 Å². The molecule has 0 saturated heterocycles. The Hall–Kier alpha value is -1.58. The summed E-state index contributed by atoms with van der Waals surface area (Å²) in [5.41, 5.74) is 0.257. The summed E-state index contributed by atoms with van der Waals surface area (Å²) in [5.74, 6) is -0.389. The summed E-state index contributed by atoms with van der Waals surface area (Å²) < 4.78 is 0. The van der Waals surface area contributed by atoms with Crippen LogP contribution in [0.1, 0.15) is 31.1 Å². The van der Waals surface area contributed by atoms with E-state index in [0.717, 1.165) is 6.54 Å². The van der Waals surface area contributed by atoms with Crippen LogP contribution in [0, 0.1) is 0 Å². The maximum absolute atomic E-state index is 11.0. The first kappa shape index (κ1) is 11.5. The quantitative estimate of drug-likeness (QED) is 0.822. The maximum atomic E-state index is 11.0. The summed E-state index contributed by atoms with van der Waals surface area (Å²) in [5, 5.41) is 9.03. The van der Waals surface area contributed by atoms with Crippen molar-refractivity contribution in [3.05, 3.63) is 23.9 Å². The van der Waals surface area contributed by atoms with E-state index in [2.05, 4.69) is 4.98 Å². The van der Waals surface area contributed by atoms with Gasteiger partial charge in [-0.3, -0.25) is 0 Å². The van der Waals surface area contributed by atoms with Gasteiger partial charge >= 0.3 is 5.97 Å². The van der Waals surface area contributed by atoms with Crippen LogP contribution < -0.4 is 4.90 Å². The predicted molar refractivity (Wildman–Crippen MR) is 59.4 cm³/mol. The molecule has 0 aliphatic carbocycles. The Morgan fingerprint density at radius 2 is 2.27 bits per heavy atom. The molecular formula is C11H16N2O2. The normalized spacial score (nSPS) is 10.4. The smallest absolute Gasteiger partial charge is 0.339 e. The second-order valence-corrected chi connectivity index (χ2v) is 3.56. The van der Waals surface area contributed by atoms with Gasteiger partial charge in [0.2, 0.25) is 0 Å². The van der Waals surface area contributed by atoms with Gasteiger partial charge in [-0.15, -0.1) is 0 Å². The van der Waals surface area contributed by atoms with Crippen molar-refractivity contribution < 1.29 is 9.90 Å². The Morgan fingerprint density at radius 1 is 1.60 bits per heavy atom. The van der Waals surface area contributed by atoms with Crippen LogP contribution in [0.2, 0.25) is 0 Å². The second kappa shape index (κ2) is 4.77. The molecule has 0 fully saturated rings. The minimum atomic E-state index is -0.933. The number of hydrogen-bond donors (Lipinski definition) is 1. The Kier molecular flexibility index (Phi) is 3.66. The average Bonchev–Trinajstić information content (AvgIpc) is 2.18. The molecule has 0 spiro atoms. The van der Waals surface area contributed by atoms with Crippen LogP contribution in [0.25, 0.3) is 0 Å². The van der Waals surface area contributed by atoms with Crippen LogP contribution in [0.15, 0.2) is 18.3 Å². The minimum absolute atomic E-state index is 0.239. The Balaban J connectivity index is 3.16. The Labute approximate surface area is 89.6 Å². The zero-order valence-electron chi connectivity index (χ0n) is 9.27. The Morgan fingerprint density at radius 3 is 2.73 bits per heavy atom. The molecule has 1 rings (SSSR count). The summed E-state index contributed by atoms with van der Waals surface area (Å²) in [4.78, 5) is 17.1. The highest BCUT2D eigenvalue weighted by Crippen LogP contribution is 2.18. The lowest BCUT2D eigenvalue weighted by molar-refractivity contribution is 0.0697. The van der Waals surface area contributed by atoms with E-state index in [1.165, 1.54) is 0 Å². The third-order valence-electron chi connectivity index (χ3n) is 2.25. The lowest BCUT2D eigenvalue weighted by atomic mass is 10.2. The molecule has 0 unspecified atom stereocenters. The molecule has 1 heterocycles. The molecule has 4 heteroatoms. The van der Waals surface area contributed by atoms with Gasteiger partial charge in [0.15, 0.2) is 0 Å². The van der Waals surface area contributed by atoms with Gasteiger partial charge in [0.05, 0.1) is 0 Å². The van der Waals surface area contributed by atoms with Gasteiger partial charge in [0.25, 0.3) is 0 Å². The fraction of sp³-hybridized carbons (Fsp3) is 0.455. The molecule has 15 heavy (non-hydrogen) atoms. The number of rotatable bonds is 4. The molecule has 1 aromatic rings. The number of carboxylic acid groups (broad SMARTS) is 1. The van der Waals surface area contributed by atoms with E-state index in [4.69, 9.17) is 5.11 Å². The van der Waals surface area contributed by atoms with Crippen LogP contribution in [0.3, 0.4) is 0 Å². The maximum Gasteiger partial charge on any atom is 0.339 e. The number of aromatic carboxylic acids is 1. The number of pyridine rings is 1. The van der Waals surface area contributed by atoms with E-state index in [1.807, 2.05) is 25.7 Å². The third kappa shape index (κ3) is 2.46. The molecule has 0 radical (unpaired) electrons. The molecule has 0 aliphatic rings. The molecule has 1 N–H and O–H groups in total. The van der Waals surface area contributed by atoms with Crippen LogP contribution >= 0.6 is 0 Å². The van der Waals surface area contributed by atoms with E-state index in [1.54, 1.807) is 18.3 Å². The second-order valence-electron chi connectivity index (χ2n) is 3.56. The van der Waals surface area contributed by atoms with Crippen molar-refractivity contribution in [1.29, 1.82) is 0 Å². The zero-order chi connectivity index (χ0) is 11.4. The molecule has 82 valence electrons. The number of carbonyl (C=O) groups is 1. The molecular weight excluding hydrogens is 192 g/mol. The summed E-state index contributed by atoms with van der Waals surface area (Å²) >= 11 is 0. The number of anilines is 1. The molecule has 0 bridgehead atoms. The molecule has 0 atom stereocenters. The monoisotopic (exact) mass is 208 g/mol. The zero-order valence-corrected chi connectivity index (χ0v) is 9.27. The van der Waals surface area contributed by atoms with Gasteiger partial charge in [-0.05, 0) is 32.9 Å². The van der Waals surface area contributed by atoms with Crippen molar-refractivity contribution in [2.75, 3.05) is 11.4 Å². The summed E-state index contributed by atoms with van der Waals surface area (Å²) in [6.45, 7) is 6.77. The SMILES string of the molecule is CCN(c1ncccc1C(=O)O)C(C)C. The molecule has 4 nitrogen and oxygen atoms in total. The lowest BCUT2D eigenvalue weighted by Gasteiger charge is -2.27. The van der Waals surface area contributed by atoms with Gasteiger partial charge in [-0.1, -0.05) is 0 Å². The number of aromatic nitrogens is 1. The fourth-order valence-corrected chi connectivity index (χ4v) is 1.55. The Bertz CT molecular complexity index is 350. The number of hydrogen-bond acceptors (Lipinski definition) is 3. The number of carboxylic acids is 1. The summed E-state index contributed by atoms with van der Waals surface area (Å²) in [7, 11) is 0. The van der Waals surface area contributed by atoms with E-state index < -0.39 is 5.97 Å². The highest BCUT2D eigenvalue weighted by Gasteiger charge is 2.17. The van der Waals surface area contributed by atoms with Crippen molar-refractivity contribution in [2.45, 2.75) is 26.8 Å². The molecule has 0 aromatic carbocycles. The average molecular weight is 208 g/mol. The van der Waals surface area contributed by atoms with Crippen LogP contribution in [-0.4, -0.2) is 28.6 Å². The van der Waals surface area contributed by atoms with E-state index in [9.17, 15) is 4.79 Å². The predicted octanol–water partition coefficient (Wildman–Crippen LogP) is 2.01. The highest BCUT2D eigenvalue weighted by atomic mass is 16.4. The van der Waals surface area contributed by atoms with Crippen LogP contribution in [0.5, 0.6) is 0 Å². The van der Waals surface area contributed by atoms with Crippen LogP contribution in [0.4, 0.5) is 5.82 Å². The van der Waals surface area contributed by atoms with Crippen molar-refractivity contribution in [1.82, 2.24) is 4.98 Å². The van der Waals surface area contributed by atoms with Crippen molar-refractivity contribution in [2.24, 2.45) is 0 Å². The molecule has 0 saturated carbocycles. The standard InChI is InChI=1S/C11H16N2O2/c1-4-13(8(2)3)10-9(11(14)15)6-5-7-12-10/h5-8H,4H2,1-3H3,(H,14,15). The van der Waals surface area contributed by atoms with Gasteiger partial charge in [-0.2, -0.15) is 0 Å². The molecule has 0 amide bonds. The first-order valence-corrected chi connectivity index (χ1v) is 5.02. The topological polar surface area (TPSA) is 53.4 Å². The van der Waals surface area contributed by atoms with Crippen molar-refractivity contribution >= 4 is 11.8 Å². The van der Waals surface area contributed by atoms with Gasteiger partial charge in [0.1, 0.15) is 11.4 Å². The highest BCUT2D eigenvalue weighted by molar-refractivity contribution is 5.93. The summed E-state index contributed by atoms with van der Waals surface area (Å²) in [6.07, 6.45) is 1.62. The van der Waals surface area contributed by atoms with E-state index >= 15 is 0 Å². The lowest BCUT2D eigenvalue weighted by Crippen LogP contribution is -2.32. The first-order chi connectivity index (χ1) is 7.07. The van der Waals surface area contributed by atoms with E-state index in [-0.39, 0.29) is 11.6 Å². The van der Waals surface area contributed by atoms with Crippen LogP contribution in [-0.2, 0) is 0 Å². The first-order valence-electron chi connectivity index (χ1n) is 5.02. The third-order valence-corrected chi connectivity index (χ3v) is 2.25. The van der Waals surface area contributed by atoms with Gasteiger partial charge in [0, 0.05) is 18.8 Å². The fourth-order valence-electron chi connectivity index (χ4n) is 1.55. The largest absolute Gasteiger partial charge is 0.478 e. The van der Waals surface area contributed by atoms with E-state index in [0.29, 0.717) is 5.82 Å². The minimum Gasteiger partial charge on any atom is -0.478 e. The molecule has 1 aromatic heterocycles. The summed E-state index contributed by atoms with van der Waals surface area (Å²) in [6, 6.07) is 3.46. The molecule has 0 aliphatic heterocycles. The van der Waals surface area contributed by atoms with Gasteiger partial charge < -0.3 is 10.0 Å². The van der Waals surface area contributed by atoms with Gasteiger partial charge in [-0.25, -0.2) is 9.78 Å².